The molecule has 1 N–H and O–H groups in total. The highest BCUT2D eigenvalue weighted by molar-refractivity contribution is 5.75. The Hall–Kier alpha value is -0.570. The van der Waals surface area contributed by atoms with Gasteiger partial charge in [-0.1, -0.05) is 27.2 Å². The van der Waals surface area contributed by atoms with E-state index in [1.165, 1.54) is 25.8 Å². The average molecular weight is 240 g/mol. The Kier molecular flexibility index (Phi) is 5.96. The maximum atomic E-state index is 11.5. The fourth-order valence-corrected chi connectivity index (χ4v) is 2.54. The molecule has 0 unspecified atom stereocenters. The van der Waals surface area contributed by atoms with Crippen LogP contribution in [-0.4, -0.2) is 36.5 Å². The second kappa shape index (κ2) is 7.00. The van der Waals surface area contributed by atoms with Gasteiger partial charge in [-0.25, -0.2) is 0 Å². The lowest BCUT2D eigenvalue weighted by Gasteiger charge is -2.36. The van der Waals surface area contributed by atoms with Crippen LogP contribution in [0.1, 0.15) is 52.9 Å². The first kappa shape index (κ1) is 14.5. The minimum atomic E-state index is 0.183. The third-order valence-corrected chi connectivity index (χ3v) is 3.92. The number of nitrogens with one attached hydrogen (secondary N) is 1. The van der Waals surface area contributed by atoms with E-state index >= 15 is 0 Å². The lowest BCUT2D eigenvalue weighted by molar-refractivity contribution is -0.121. The Bertz CT molecular complexity index is 240. The zero-order valence-electron chi connectivity index (χ0n) is 11.8. The number of likely N-dealkylation sites (tertiary alicyclic amines) is 1. The van der Waals surface area contributed by atoms with Crippen molar-refractivity contribution in [2.75, 3.05) is 13.6 Å². The molecule has 1 fully saturated rings. The van der Waals surface area contributed by atoms with Crippen molar-refractivity contribution in [2.24, 2.45) is 5.92 Å². The van der Waals surface area contributed by atoms with Gasteiger partial charge >= 0.3 is 0 Å². The minimum absolute atomic E-state index is 0.183. The number of rotatable bonds is 5. The molecule has 0 radical (unpaired) electrons. The number of hydrogen-bond donors (Lipinski definition) is 1. The molecular formula is C14H28N2O. The molecule has 1 amide bonds. The highest BCUT2D eigenvalue weighted by atomic mass is 16.1. The van der Waals surface area contributed by atoms with Crippen molar-refractivity contribution in [3.05, 3.63) is 0 Å². The van der Waals surface area contributed by atoms with Crippen molar-refractivity contribution >= 4 is 5.91 Å². The molecule has 1 rings (SSSR count). The lowest BCUT2D eigenvalue weighted by atomic mass is 9.91. The molecule has 0 spiro atoms. The number of piperidine rings is 1. The summed E-state index contributed by atoms with van der Waals surface area (Å²) in [5.41, 5.74) is 0. The Morgan fingerprint density at radius 3 is 2.65 bits per heavy atom. The number of carbonyl (C=O) groups is 1. The van der Waals surface area contributed by atoms with Crippen LogP contribution < -0.4 is 5.32 Å². The van der Waals surface area contributed by atoms with Gasteiger partial charge in [-0.05, 0) is 38.8 Å². The van der Waals surface area contributed by atoms with E-state index in [9.17, 15) is 4.79 Å². The average Bonchev–Trinajstić information content (AvgIpc) is 2.30. The largest absolute Gasteiger partial charge is 0.353 e. The van der Waals surface area contributed by atoms with Gasteiger partial charge in [0.05, 0.1) is 0 Å². The lowest BCUT2D eigenvalue weighted by Crippen LogP contribution is -2.45. The Labute approximate surface area is 106 Å². The number of hydrogen-bond acceptors (Lipinski definition) is 2. The van der Waals surface area contributed by atoms with Gasteiger partial charge in [0.25, 0.3) is 0 Å². The quantitative estimate of drug-likeness (QED) is 0.800. The van der Waals surface area contributed by atoms with Gasteiger partial charge in [-0.3, -0.25) is 4.79 Å². The van der Waals surface area contributed by atoms with Crippen molar-refractivity contribution < 1.29 is 4.79 Å². The van der Waals surface area contributed by atoms with Crippen LogP contribution in [0.3, 0.4) is 0 Å². The summed E-state index contributed by atoms with van der Waals surface area (Å²) >= 11 is 0. The van der Waals surface area contributed by atoms with Crippen LogP contribution in [0.25, 0.3) is 0 Å². The van der Waals surface area contributed by atoms with Gasteiger partial charge in [-0.2, -0.15) is 0 Å². The third kappa shape index (κ3) is 4.66. The second-order valence-electron chi connectivity index (χ2n) is 5.64. The van der Waals surface area contributed by atoms with Crippen LogP contribution in [0.15, 0.2) is 0 Å². The number of carbonyl (C=O) groups excluding carboxylic acids is 1. The predicted molar refractivity (Wildman–Crippen MR) is 71.9 cm³/mol. The monoisotopic (exact) mass is 240 g/mol. The van der Waals surface area contributed by atoms with Crippen molar-refractivity contribution in [1.29, 1.82) is 0 Å². The maximum Gasteiger partial charge on any atom is 0.219 e. The van der Waals surface area contributed by atoms with Crippen LogP contribution in [0.2, 0.25) is 0 Å². The summed E-state index contributed by atoms with van der Waals surface area (Å²) in [5, 5.41) is 3.17. The summed E-state index contributed by atoms with van der Waals surface area (Å²) in [4.78, 5) is 14.0. The Balaban J connectivity index is 2.50. The van der Waals surface area contributed by atoms with Crippen LogP contribution in [-0.2, 0) is 4.79 Å². The molecule has 3 nitrogen and oxygen atoms in total. The highest BCUT2D eigenvalue weighted by Crippen LogP contribution is 2.21. The summed E-state index contributed by atoms with van der Waals surface area (Å²) in [6.45, 7) is 7.52. The summed E-state index contributed by atoms with van der Waals surface area (Å²) in [7, 11) is 2.21. The van der Waals surface area contributed by atoms with Gasteiger partial charge < -0.3 is 10.2 Å². The van der Waals surface area contributed by atoms with Gasteiger partial charge in [-0.15, -0.1) is 0 Å². The molecule has 0 saturated carbocycles. The van der Waals surface area contributed by atoms with Crippen LogP contribution >= 0.6 is 0 Å². The first-order valence-electron chi connectivity index (χ1n) is 7.04. The van der Waals surface area contributed by atoms with Crippen LogP contribution in [0.5, 0.6) is 0 Å². The second-order valence-corrected chi connectivity index (χ2v) is 5.64. The highest BCUT2D eigenvalue weighted by Gasteiger charge is 2.25. The van der Waals surface area contributed by atoms with Crippen molar-refractivity contribution in [2.45, 2.75) is 65.0 Å². The summed E-state index contributed by atoms with van der Waals surface area (Å²) in [6.07, 6.45) is 5.62. The molecule has 0 bridgehead atoms. The molecule has 1 saturated heterocycles. The van der Waals surface area contributed by atoms with E-state index in [1.54, 1.807) is 0 Å². The summed E-state index contributed by atoms with van der Waals surface area (Å²) in [5.74, 6) is 0.697. The smallest absolute Gasteiger partial charge is 0.219 e. The first-order chi connectivity index (χ1) is 8.04. The molecule has 1 heterocycles. The van der Waals surface area contributed by atoms with E-state index < -0.39 is 0 Å². The molecule has 2 atom stereocenters. The molecule has 3 heteroatoms. The van der Waals surface area contributed by atoms with Crippen LogP contribution in [0.4, 0.5) is 0 Å². The predicted octanol–water partition coefficient (Wildman–Crippen LogP) is 2.41. The fourth-order valence-electron chi connectivity index (χ4n) is 2.54. The molecule has 1 aliphatic heterocycles. The van der Waals surface area contributed by atoms with Crippen molar-refractivity contribution in [3.8, 4) is 0 Å². The molecular weight excluding hydrogens is 212 g/mol. The summed E-state index contributed by atoms with van der Waals surface area (Å²) in [6, 6.07) is 0.973. The van der Waals surface area contributed by atoms with E-state index in [1.807, 2.05) is 6.92 Å². The standard InChI is InChI=1S/C14H28N2O/c1-5-14(17)15-13(11(2)3)10-12-8-6-7-9-16(12)4/h11-13H,5-10H2,1-4H3,(H,15,17)/t12-,13-/m0/s1. The van der Waals surface area contributed by atoms with Gasteiger partial charge in [0, 0.05) is 18.5 Å². The summed E-state index contributed by atoms with van der Waals surface area (Å²) < 4.78 is 0. The molecule has 0 aromatic heterocycles. The topological polar surface area (TPSA) is 32.3 Å². The SMILES string of the molecule is CCC(=O)N[C@@H](C[C@@H]1CCCCN1C)C(C)C. The van der Waals surface area contributed by atoms with E-state index in [0.29, 0.717) is 24.4 Å². The Morgan fingerprint density at radius 1 is 1.41 bits per heavy atom. The van der Waals surface area contributed by atoms with Gasteiger partial charge in [0.2, 0.25) is 5.91 Å². The normalized spacial score (nSPS) is 23.7. The van der Waals surface area contributed by atoms with Crippen LogP contribution in [0, 0.1) is 5.92 Å². The van der Waals surface area contributed by atoms with Gasteiger partial charge in [0.1, 0.15) is 0 Å². The third-order valence-electron chi connectivity index (χ3n) is 3.92. The van der Waals surface area contributed by atoms with Gasteiger partial charge in [0.15, 0.2) is 0 Å². The zero-order valence-corrected chi connectivity index (χ0v) is 11.8. The number of nitrogens with zero attached hydrogens (tertiary/aromatic N) is 1. The van der Waals surface area contributed by atoms with E-state index in [2.05, 4.69) is 31.1 Å². The van der Waals surface area contributed by atoms with E-state index in [-0.39, 0.29) is 5.91 Å². The van der Waals surface area contributed by atoms with E-state index in [0.717, 1.165) is 6.42 Å². The molecule has 0 aromatic carbocycles. The zero-order chi connectivity index (χ0) is 12.8. The maximum absolute atomic E-state index is 11.5. The minimum Gasteiger partial charge on any atom is -0.353 e. The van der Waals surface area contributed by atoms with Crippen molar-refractivity contribution in [3.63, 3.8) is 0 Å². The molecule has 0 aromatic rings. The van der Waals surface area contributed by atoms with Crippen molar-refractivity contribution in [1.82, 2.24) is 10.2 Å². The molecule has 17 heavy (non-hydrogen) atoms. The molecule has 0 aliphatic carbocycles. The number of amides is 1. The Morgan fingerprint density at radius 2 is 2.12 bits per heavy atom. The van der Waals surface area contributed by atoms with E-state index in [4.69, 9.17) is 0 Å². The molecule has 100 valence electrons. The fraction of sp³-hybridized carbons (Fsp3) is 0.929. The molecule has 1 aliphatic rings. The first-order valence-corrected chi connectivity index (χ1v) is 7.04.